The number of aromatic amines is 1. The predicted octanol–water partition coefficient (Wildman–Crippen LogP) is 2.18. The van der Waals surface area contributed by atoms with Crippen LogP contribution in [0.4, 0.5) is 5.95 Å². The Morgan fingerprint density at radius 1 is 1.58 bits per heavy atom. The number of nitrogens with one attached hydrogen (secondary N) is 2. The summed E-state index contributed by atoms with van der Waals surface area (Å²) in [5, 5.41) is 5.00. The van der Waals surface area contributed by atoms with Crippen LogP contribution in [-0.4, -0.2) is 17.0 Å². The van der Waals surface area contributed by atoms with Crippen molar-refractivity contribution in [3.63, 3.8) is 0 Å². The van der Waals surface area contributed by atoms with Crippen molar-refractivity contribution in [2.45, 2.75) is 0 Å². The zero-order valence-electron chi connectivity index (χ0n) is 6.66. The Hall–Kier alpha value is -1.29. The molecule has 2 rings (SSSR count). The van der Waals surface area contributed by atoms with Gasteiger partial charge in [0.15, 0.2) is 5.95 Å². The Morgan fingerprint density at radius 3 is 3.08 bits per heavy atom. The van der Waals surface area contributed by atoms with Crippen molar-refractivity contribution >= 4 is 17.3 Å². The van der Waals surface area contributed by atoms with E-state index >= 15 is 0 Å². The first-order chi connectivity index (χ1) is 5.90. The van der Waals surface area contributed by atoms with Gasteiger partial charge in [0, 0.05) is 7.05 Å². The van der Waals surface area contributed by atoms with E-state index < -0.39 is 0 Å². The van der Waals surface area contributed by atoms with Crippen molar-refractivity contribution in [1.29, 1.82) is 0 Å². The quantitative estimate of drug-likeness (QED) is 0.741. The highest BCUT2D eigenvalue weighted by Gasteiger charge is 2.01. The fraction of sp³-hybridized carbons (Fsp3) is 0.125. The maximum atomic E-state index is 4.13. The Morgan fingerprint density at radius 2 is 2.50 bits per heavy atom. The van der Waals surface area contributed by atoms with E-state index in [2.05, 4.69) is 26.7 Å². The van der Waals surface area contributed by atoms with Gasteiger partial charge < -0.3 is 10.3 Å². The minimum Gasteiger partial charge on any atom is -0.359 e. The lowest BCUT2D eigenvalue weighted by molar-refractivity contribution is 1.26. The molecule has 2 aromatic rings. The van der Waals surface area contributed by atoms with Gasteiger partial charge in [0.2, 0.25) is 0 Å². The molecule has 0 aliphatic carbocycles. The van der Waals surface area contributed by atoms with E-state index in [1.165, 1.54) is 4.88 Å². The summed E-state index contributed by atoms with van der Waals surface area (Å²) in [6, 6.07) is 4.09. The van der Waals surface area contributed by atoms with Crippen molar-refractivity contribution in [3.8, 4) is 10.6 Å². The molecule has 0 spiro atoms. The van der Waals surface area contributed by atoms with Crippen molar-refractivity contribution < 1.29 is 0 Å². The molecule has 3 nitrogen and oxygen atoms in total. The summed E-state index contributed by atoms with van der Waals surface area (Å²) in [5.74, 6) is 0.804. The van der Waals surface area contributed by atoms with E-state index in [1.807, 2.05) is 19.3 Å². The Bertz CT molecular complexity index is 350. The topological polar surface area (TPSA) is 40.7 Å². The number of hydrogen-bond acceptors (Lipinski definition) is 3. The van der Waals surface area contributed by atoms with Crippen molar-refractivity contribution in [2.75, 3.05) is 12.4 Å². The van der Waals surface area contributed by atoms with Crippen LogP contribution in [0.3, 0.4) is 0 Å². The molecule has 62 valence electrons. The minimum absolute atomic E-state index is 0.804. The van der Waals surface area contributed by atoms with E-state index in [0.717, 1.165) is 11.6 Å². The Kier molecular flexibility index (Phi) is 1.83. The van der Waals surface area contributed by atoms with Gasteiger partial charge in [-0.15, -0.1) is 11.3 Å². The zero-order valence-corrected chi connectivity index (χ0v) is 7.48. The van der Waals surface area contributed by atoms with Crippen molar-refractivity contribution in [2.24, 2.45) is 0 Å². The number of thiophene rings is 1. The van der Waals surface area contributed by atoms with Crippen molar-refractivity contribution in [3.05, 3.63) is 23.7 Å². The molecule has 0 unspecified atom stereocenters. The molecule has 0 saturated heterocycles. The molecule has 0 saturated carbocycles. The van der Waals surface area contributed by atoms with Crippen LogP contribution in [0.15, 0.2) is 23.7 Å². The number of rotatable bonds is 2. The van der Waals surface area contributed by atoms with Crippen LogP contribution in [0.25, 0.3) is 10.6 Å². The second-order valence-electron chi connectivity index (χ2n) is 2.37. The molecule has 0 fully saturated rings. The molecular weight excluding hydrogens is 170 g/mol. The summed E-state index contributed by atoms with van der Waals surface area (Å²) < 4.78 is 0. The largest absolute Gasteiger partial charge is 0.359 e. The predicted molar refractivity (Wildman–Crippen MR) is 51.4 cm³/mol. The molecule has 0 radical (unpaired) electrons. The van der Waals surface area contributed by atoms with Gasteiger partial charge in [-0.25, -0.2) is 4.98 Å². The van der Waals surface area contributed by atoms with Crippen LogP contribution in [0.2, 0.25) is 0 Å². The van der Waals surface area contributed by atoms with Crippen LogP contribution in [-0.2, 0) is 0 Å². The van der Waals surface area contributed by atoms with Gasteiger partial charge in [-0.1, -0.05) is 6.07 Å². The molecule has 0 aromatic carbocycles. The smallest absolute Gasteiger partial charge is 0.200 e. The van der Waals surface area contributed by atoms with E-state index in [9.17, 15) is 0 Å². The third-order valence-electron chi connectivity index (χ3n) is 1.60. The maximum absolute atomic E-state index is 4.13. The molecule has 2 heterocycles. The lowest BCUT2D eigenvalue weighted by atomic mass is 10.4. The lowest BCUT2D eigenvalue weighted by Crippen LogP contribution is -1.88. The number of nitrogens with zero attached hydrogens (tertiary/aromatic N) is 1. The van der Waals surface area contributed by atoms with Gasteiger partial charge in [-0.05, 0) is 11.4 Å². The minimum atomic E-state index is 0.804. The first-order valence-electron chi connectivity index (χ1n) is 3.67. The van der Waals surface area contributed by atoms with Gasteiger partial charge in [0.05, 0.1) is 16.8 Å². The summed E-state index contributed by atoms with van der Waals surface area (Å²) in [6.07, 6.45) is 1.83. The molecule has 0 atom stereocenters. The average molecular weight is 179 g/mol. The summed E-state index contributed by atoms with van der Waals surface area (Å²) >= 11 is 1.70. The molecular formula is C8H9N3S. The molecule has 0 aliphatic heterocycles. The van der Waals surface area contributed by atoms with Crippen molar-refractivity contribution in [1.82, 2.24) is 9.97 Å². The monoisotopic (exact) mass is 179 g/mol. The van der Waals surface area contributed by atoms with Crippen LogP contribution in [0, 0.1) is 0 Å². The number of H-pyrrole nitrogens is 1. The number of anilines is 1. The molecule has 0 amide bonds. The molecule has 0 aliphatic rings. The zero-order chi connectivity index (χ0) is 8.39. The Labute approximate surface area is 74.5 Å². The molecule has 2 N–H and O–H groups in total. The molecule has 12 heavy (non-hydrogen) atoms. The normalized spacial score (nSPS) is 10.1. The van der Waals surface area contributed by atoms with E-state index in [1.54, 1.807) is 11.3 Å². The SMILES string of the molecule is CNc1ncc(-c2cccs2)[nH]1. The highest BCUT2D eigenvalue weighted by molar-refractivity contribution is 7.13. The van der Waals surface area contributed by atoms with Gasteiger partial charge in [-0.3, -0.25) is 0 Å². The average Bonchev–Trinajstić information content (AvgIpc) is 2.75. The third-order valence-corrected chi connectivity index (χ3v) is 2.50. The second kappa shape index (κ2) is 2.98. The number of aromatic nitrogens is 2. The van der Waals surface area contributed by atoms with E-state index in [4.69, 9.17) is 0 Å². The second-order valence-corrected chi connectivity index (χ2v) is 3.32. The Balaban J connectivity index is 2.35. The molecule has 0 bridgehead atoms. The number of imidazole rings is 1. The highest BCUT2D eigenvalue weighted by Crippen LogP contribution is 2.23. The van der Waals surface area contributed by atoms with Crippen LogP contribution >= 0.6 is 11.3 Å². The number of hydrogen-bond donors (Lipinski definition) is 2. The summed E-state index contributed by atoms with van der Waals surface area (Å²) in [5.41, 5.74) is 1.06. The van der Waals surface area contributed by atoms with E-state index in [-0.39, 0.29) is 0 Å². The summed E-state index contributed by atoms with van der Waals surface area (Å²) in [4.78, 5) is 8.50. The standard InChI is InChI=1S/C8H9N3S/c1-9-8-10-5-6(11-8)7-3-2-4-12-7/h2-5H,1H3,(H2,9,10,11). The molecule has 2 aromatic heterocycles. The van der Waals surface area contributed by atoms with Gasteiger partial charge >= 0.3 is 0 Å². The maximum Gasteiger partial charge on any atom is 0.200 e. The van der Waals surface area contributed by atoms with Gasteiger partial charge in [0.25, 0.3) is 0 Å². The van der Waals surface area contributed by atoms with Gasteiger partial charge in [0.1, 0.15) is 0 Å². The van der Waals surface area contributed by atoms with E-state index in [0.29, 0.717) is 0 Å². The lowest BCUT2D eigenvalue weighted by Gasteiger charge is -1.90. The van der Waals surface area contributed by atoms with Crippen LogP contribution in [0.1, 0.15) is 0 Å². The van der Waals surface area contributed by atoms with Gasteiger partial charge in [-0.2, -0.15) is 0 Å². The summed E-state index contributed by atoms with van der Waals surface area (Å²) in [6.45, 7) is 0. The third kappa shape index (κ3) is 1.21. The fourth-order valence-electron chi connectivity index (χ4n) is 1.01. The summed E-state index contributed by atoms with van der Waals surface area (Å²) in [7, 11) is 1.84. The first-order valence-corrected chi connectivity index (χ1v) is 4.55. The van der Waals surface area contributed by atoms with Crippen LogP contribution < -0.4 is 5.32 Å². The molecule has 4 heteroatoms. The fourth-order valence-corrected chi connectivity index (χ4v) is 1.70. The highest BCUT2D eigenvalue weighted by atomic mass is 32.1. The first kappa shape index (κ1) is 7.36. The van der Waals surface area contributed by atoms with Crippen LogP contribution in [0.5, 0.6) is 0 Å².